The monoisotopic (exact) mass is 350 g/mol. The third-order valence-electron chi connectivity index (χ3n) is 3.99. The lowest BCUT2D eigenvalue weighted by Gasteiger charge is -2.10. The number of hydrogen-bond donors (Lipinski definition) is 1. The van der Waals surface area contributed by atoms with Gasteiger partial charge < -0.3 is 10.1 Å². The van der Waals surface area contributed by atoms with E-state index in [9.17, 15) is 4.79 Å². The second-order valence-electron chi connectivity index (χ2n) is 6.22. The Morgan fingerprint density at radius 3 is 2.69 bits per heavy atom. The zero-order chi connectivity index (χ0) is 18.4. The highest BCUT2D eigenvalue weighted by Crippen LogP contribution is 2.18. The van der Waals surface area contributed by atoms with E-state index >= 15 is 0 Å². The molecule has 0 radical (unpaired) electrons. The zero-order valence-corrected chi connectivity index (χ0v) is 14.9. The average Bonchev–Trinajstić information content (AvgIpc) is 3.20. The number of aromatic nitrogens is 3. The topological polar surface area (TPSA) is 69.0 Å². The van der Waals surface area contributed by atoms with Crippen LogP contribution in [0.1, 0.15) is 35.7 Å². The molecule has 3 aromatic rings. The lowest BCUT2D eigenvalue weighted by molar-refractivity contribution is 0.0947. The van der Waals surface area contributed by atoms with Gasteiger partial charge in [0.1, 0.15) is 25.0 Å². The minimum absolute atomic E-state index is 0.147. The van der Waals surface area contributed by atoms with Gasteiger partial charge in [0.15, 0.2) is 0 Å². The molecule has 1 amide bonds. The first-order valence-corrected chi connectivity index (χ1v) is 8.59. The number of rotatable bonds is 7. The minimum Gasteiger partial charge on any atom is -0.492 e. The van der Waals surface area contributed by atoms with Crippen LogP contribution in [0.3, 0.4) is 0 Å². The summed E-state index contributed by atoms with van der Waals surface area (Å²) in [6.45, 7) is 5.15. The SMILES string of the molecule is CC(C)c1ccc(OCCNC(=O)c2cccc(-n3cncn3)c2)cc1. The van der Waals surface area contributed by atoms with E-state index in [1.807, 2.05) is 24.3 Å². The molecule has 0 aliphatic rings. The average molecular weight is 350 g/mol. The van der Waals surface area contributed by atoms with Gasteiger partial charge in [0.05, 0.1) is 12.2 Å². The molecule has 6 heteroatoms. The van der Waals surface area contributed by atoms with Crippen LogP contribution in [0.2, 0.25) is 0 Å². The number of benzene rings is 2. The van der Waals surface area contributed by atoms with E-state index in [2.05, 4.69) is 41.4 Å². The third-order valence-corrected chi connectivity index (χ3v) is 3.99. The second kappa shape index (κ2) is 8.29. The molecule has 134 valence electrons. The van der Waals surface area contributed by atoms with Crippen molar-refractivity contribution >= 4 is 5.91 Å². The fourth-order valence-electron chi connectivity index (χ4n) is 2.52. The first kappa shape index (κ1) is 17.7. The van der Waals surface area contributed by atoms with Crippen LogP contribution in [0.4, 0.5) is 0 Å². The molecule has 26 heavy (non-hydrogen) atoms. The molecule has 0 saturated heterocycles. The predicted molar refractivity (Wildman–Crippen MR) is 99.7 cm³/mol. The van der Waals surface area contributed by atoms with Crippen molar-refractivity contribution in [3.63, 3.8) is 0 Å². The van der Waals surface area contributed by atoms with Gasteiger partial charge >= 0.3 is 0 Å². The summed E-state index contributed by atoms with van der Waals surface area (Å²) in [6.07, 6.45) is 3.05. The third kappa shape index (κ3) is 4.47. The van der Waals surface area contributed by atoms with Gasteiger partial charge in [-0.2, -0.15) is 5.10 Å². The number of nitrogens with zero attached hydrogens (tertiary/aromatic N) is 3. The molecular weight excluding hydrogens is 328 g/mol. The Balaban J connectivity index is 1.49. The number of hydrogen-bond acceptors (Lipinski definition) is 4. The Bertz CT molecular complexity index is 843. The maximum absolute atomic E-state index is 12.3. The van der Waals surface area contributed by atoms with Gasteiger partial charge in [0.25, 0.3) is 5.91 Å². The van der Waals surface area contributed by atoms with Crippen LogP contribution in [0.5, 0.6) is 5.75 Å². The minimum atomic E-state index is -0.147. The summed E-state index contributed by atoms with van der Waals surface area (Å²) >= 11 is 0. The van der Waals surface area contributed by atoms with Crippen molar-refractivity contribution in [2.24, 2.45) is 0 Å². The molecule has 0 aliphatic heterocycles. The summed E-state index contributed by atoms with van der Waals surface area (Å²) in [5.74, 6) is 1.15. The summed E-state index contributed by atoms with van der Waals surface area (Å²) in [5, 5.41) is 6.93. The van der Waals surface area contributed by atoms with Crippen LogP contribution in [-0.2, 0) is 0 Å². The molecule has 1 heterocycles. The highest BCUT2D eigenvalue weighted by molar-refractivity contribution is 5.94. The molecule has 0 bridgehead atoms. The van der Waals surface area contributed by atoms with E-state index in [-0.39, 0.29) is 5.91 Å². The number of ether oxygens (including phenoxy) is 1. The van der Waals surface area contributed by atoms with Crippen molar-refractivity contribution in [2.45, 2.75) is 19.8 Å². The summed E-state index contributed by atoms with van der Waals surface area (Å²) in [7, 11) is 0. The van der Waals surface area contributed by atoms with Crippen molar-refractivity contribution < 1.29 is 9.53 Å². The normalized spacial score (nSPS) is 10.7. The molecule has 2 aromatic carbocycles. The molecular formula is C20H22N4O2. The number of carbonyl (C=O) groups excluding carboxylic acids is 1. The van der Waals surface area contributed by atoms with Gasteiger partial charge in [-0.05, 0) is 41.8 Å². The van der Waals surface area contributed by atoms with E-state index in [1.54, 1.807) is 23.1 Å². The van der Waals surface area contributed by atoms with Crippen molar-refractivity contribution in [3.05, 3.63) is 72.3 Å². The lowest BCUT2D eigenvalue weighted by atomic mass is 10.0. The van der Waals surface area contributed by atoms with Crippen LogP contribution >= 0.6 is 0 Å². The predicted octanol–water partition coefficient (Wildman–Crippen LogP) is 3.20. The van der Waals surface area contributed by atoms with E-state index in [4.69, 9.17) is 4.74 Å². The largest absolute Gasteiger partial charge is 0.492 e. The van der Waals surface area contributed by atoms with E-state index in [1.165, 1.54) is 11.9 Å². The molecule has 0 atom stereocenters. The van der Waals surface area contributed by atoms with Crippen molar-refractivity contribution in [1.82, 2.24) is 20.1 Å². The van der Waals surface area contributed by atoms with Crippen molar-refractivity contribution in [3.8, 4) is 11.4 Å². The number of amides is 1. The molecule has 0 unspecified atom stereocenters. The number of carbonyl (C=O) groups is 1. The van der Waals surface area contributed by atoms with Crippen LogP contribution in [0.25, 0.3) is 5.69 Å². The van der Waals surface area contributed by atoms with Crippen LogP contribution in [-0.4, -0.2) is 33.8 Å². The first-order chi connectivity index (χ1) is 12.6. The van der Waals surface area contributed by atoms with E-state index in [0.29, 0.717) is 24.6 Å². The summed E-state index contributed by atoms with van der Waals surface area (Å²) < 4.78 is 7.28. The standard InChI is InChI=1S/C20H22N4O2/c1-15(2)16-6-8-19(9-7-16)26-11-10-22-20(25)17-4-3-5-18(12-17)24-14-21-13-23-24/h3-9,12-15H,10-11H2,1-2H3,(H,22,25). The Hall–Kier alpha value is -3.15. The zero-order valence-electron chi connectivity index (χ0n) is 14.9. The summed E-state index contributed by atoms with van der Waals surface area (Å²) in [6, 6.07) is 15.3. The van der Waals surface area contributed by atoms with E-state index in [0.717, 1.165) is 11.4 Å². The highest BCUT2D eigenvalue weighted by Gasteiger charge is 2.07. The second-order valence-corrected chi connectivity index (χ2v) is 6.22. The van der Waals surface area contributed by atoms with Gasteiger partial charge in [-0.3, -0.25) is 4.79 Å². The van der Waals surface area contributed by atoms with Gasteiger partial charge in [0, 0.05) is 5.56 Å². The fraction of sp³-hybridized carbons (Fsp3) is 0.250. The summed E-state index contributed by atoms with van der Waals surface area (Å²) in [4.78, 5) is 16.2. The van der Waals surface area contributed by atoms with Crippen molar-refractivity contribution in [1.29, 1.82) is 0 Å². The quantitative estimate of drug-likeness (QED) is 0.665. The van der Waals surface area contributed by atoms with Gasteiger partial charge in [0.2, 0.25) is 0 Å². The maximum Gasteiger partial charge on any atom is 0.251 e. The maximum atomic E-state index is 12.3. The van der Waals surface area contributed by atoms with Crippen LogP contribution < -0.4 is 10.1 Å². The smallest absolute Gasteiger partial charge is 0.251 e. The van der Waals surface area contributed by atoms with Crippen LogP contribution in [0, 0.1) is 0 Å². The molecule has 0 spiro atoms. The van der Waals surface area contributed by atoms with Gasteiger partial charge in [-0.25, -0.2) is 9.67 Å². The molecule has 1 aromatic heterocycles. The molecule has 3 rings (SSSR count). The Kier molecular flexibility index (Phi) is 5.63. The van der Waals surface area contributed by atoms with E-state index < -0.39 is 0 Å². The highest BCUT2D eigenvalue weighted by atomic mass is 16.5. The van der Waals surface area contributed by atoms with Crippen molar-refractivity contribution in [2.75, 3.05) is 13.2 Å². The van der Waals surface area contributed by atoms with Gasteiger partial charge in [-0.15, -0.1) is 0 Å². The first-order valence-electron chi connectivity index (χ1n) is 8.59. The molecule has 6 nitrogen and oxygen atoms in total. The van der Waals surface area contributed by atoms with Gasteiger partial charge in [-0.1, -0.05) is 32.0 Å². The molecule has 0 saturated carbocycles. The summed E-state index contributed by atoms with van der Waals surface area (Å²) in [5.41, 5.74) is 2.63. The Labute approximate surface area is 152 Å². The Morgan fingerprint density at radius 2 is 2.00 bits per heavy atom. The molecule has 0 fully saturated rings. The molecule has 1 N–H and O–H groups in total. The fourth-order valence-corrected chi connectivity index (χ4v) is 2.52. The lowest BCUT2D eigenvalue weighted by Crippen LogP contribution is -2.28. The van der Waals surface area contributed by atoms with Crippen LogP contribution in [0.15, 0.2) is 61.2 Å². The number of nitrogens with one attached hydrogen (secondary N) is 1. The Morgan fingerprint density at radius 1 is 1.19 bits per heavy atom. The molecule has 0 aliphatic carbocycles.